The number of esters is 2. The van der Waals surface area contributed by atoms with Crippen LogP contribution in [0.5, 0.6) is 0 Å². The molecule has 0 saturated carbocycles. The van der Waals surface area contributed by atoms with E-state index in [1.54, 1.807) is 6.92 Å². The lowest BCUT2D eigenvalue weighted by Gasteiger charge is -2.36. The number of rotatable bonds is 6. The molecule has 1 aliphatic heterocycles. The Morgan fingerprint density at radius 2 is 1.84 bits per heavy atom. The molecule has 0 bridgehead atoms. The third-order valence-electron chi connectivity index (χ3n) is 3.54. The van der Waals surface area contributed by atoms with E-state index in [1.807, 2.05) is 6.92 Å². The molecule has 0 amide bonds. The Balaban J connectivity index is 2.42. The van der Waals surface area contributed by atoms with Gasteiger partial charge in [-0.25, -0.2) is 0 Å². The average Bonchev–Trinajstić information content (AvgIpc) is 2.38. The molecule has 5 heteroatoms. The number of carbonyl (C=O) groups excluding carboxylic acids is 2. The number of carbonyl (C=O) groups is 2. The van der Waals surface area contributed by atoms with Gasteiger partial charge in [-0.2, -0.15) is 0 Å². The fourth-order valence-corrected chi connectivity index (χ4v) is 2.41. The van der Waals surface area contributed by atoms with Crippen molar-refractivity contribution in [3.8, 4) is 0 Å². The molecule has 1 aliphatic rings. The van der Waals surface area contributed by atoms with Crippen molar-refractivity contribution in [1.29, 1.82) is 0 Å². The largest absolute Gasteiger partial charge is 0.466 e. The van der Waals surface area contributed by atoms with Crippen LogP contribution >= 0.6 is 0 Å². The van der Waals surface area contributed by atoms with Gasteiger partial charge in [0.2, 0.25) is 0 Å². The van der Waals surface area contributed by atoms with Crippen LogP contribution in [0.3, 0.4) is 0 Å². The van der Waals surface area contributed by atoms with Crippen LogP contribution in [-0.4, -0.2) is 49.2 Å². The number of hydrogen-bond acceptors (Lipinski definition) is 5. The van der Waals surface area contributed by atoms with E-state index in [0.29, 0.717) is 38.8 Å². The Labute approximate surface area is 115 Å². The summed E-state index contributed by atoms with van der Waals surface area (Å²) in [5, 5.41) is 0. The molecular formula is C14H25NO4. The van der Waals surface area contributed by atoms with E-state index in [2.05, 4.69) is 11.8 Å². The van der Waals surface area contributed by atoms with E-state index in [1.165, 1.54) is 0 Å². The van der Waals surface area contributed by atoms with E-state index in [0.717, 1.165) is 12.8 Å². The minimum atomic E-state index is -0.173. The summed E-state index contributed by atoms with van der Waals surface area (Å²) in [6, 6.07) is 0.403. The first-order valence-corrected chi connectivity index (χ1v) is 7.14. The zero-order valence-electron chi connectivity index (χ0n) is 12.2. The third-order valence-corrected chi connectivity index (χ3v) is 3.54. The van der Waals surface area contributed by atoms with Crippen molar-refractivity contribution in [2.45, 2.75) is 46.1 Å². The zero-order chi connectivity index (χ0) is 14.3. The Hall–Kier alpha value is -1.10. The molecule has 110 valence electrons. The molecule has 2 atom stereocenters. The molecule has 0 radical (unpaired) electrons. The molecule has 0 aromatic rings. The summed E-state index contributed by atoms with van der Waals surface area (Å²) in [7, 11) is 0. The van der Waals surface area contributed by atoms with Crippen molar-refractivity contribution in [3.63, 3.8) is 0 Å². The molecule has 1 fully saturated rings. The number of nitrogens with zero attached hydrogens (tertiary/aromatic N) is 1. The molecule has 1 saturated heterocycles. The average molecular weight is 271 g/mol. The second-order valence-electron chi connectivity index (χ2n) is 4.93. The third kappa shape index (κ3) is 5.19. The van der Waals surface area contributed by atoms with Gasteiger partial charge in [0.25, 0.3) is 0 Å². The molecule has 0 spiro atoms. The van der Waals surface area contributed by atoms with Crippen molar-refractivity contribution in [1.82, 2.24) is 4.90 Å². The molecule has 0 aromatic carbocycles. The van der Waals surface area contributed by atoms with Gasteiger partial charge in [0.05, 0.1) is 25.6 Å². The highest BCUT2D eigenvalue weighted by Crippen LogP contribution is 2.23. The maximum atomic E-state index is 11.8. The highest BCUT2D eigenvalue weighted by molar-refractivity contribution is 5.73. The zero-order valence-corrected chi connectivity index (χ0v) is 12.2. The molecule has 5 nitrogen and oxygen atoms in total. The molecule has 1 rings (SSSR count). The summed E-state index contributed by atoms with van der Waals surface area (Å²) >= 11 is 0. The minimum absolute atomic E-state index is 0.0571. The number of likely N-dealkylation sites (tertiary alicyclic amines) is 1. The van der Waals surface area contributed by atoms with Gasteiger partial charge in [-0.05, 0) is 33.6 Å². The summed E-state index contributed by atoms with van der Waals surface area (Å²) in [6.07, 6.45) is 2.22. The van der Waals surface area contributed by atoms with Crippen molar-refractivity contribution in [2.24, 2.45) is 5.92 Å². The van der Waals surface area contributed by atoms with Gasteiger partial charge in [-0.1, -0.05) is 0 Å². The van der Waals surface area contributed by atoms with Gasteiger partial charge in [0.1, 0.15) is 0 Å². The van der Waals surface area contributed by atoms with Gasteiger partial charge in [0.15, 0.2) is 0 Å². The van der Waals surface area contributed by atoms with Gasteiger partial charge in [0, 0.05) is 19.1 Å². The Kier molecular flexibility index (Phi) is 6.84. The number of hydrogen-bond donors (Lipinski definition) is 0. The van der Waals surface area contributed by atoms with E-state index < -0.39 is 0 Å². The summed E-state index contributed by atoms with van der Waals surface area (Å²) < 4.78 is 10.00. The van der Waals surface area contributed by atoms with Crippen LogP contribution < -0.4 is 0 Å². The molecule has 19 heavy (non-hydrogen) atoms. The molecule has 0 aromatic heterocycles. The maximum Gasteiger partial charge on any atom is 0.310 e. The first-order chi connectivity index (χ1) is 9.08. The van der Waals surface area contributed by atoms with Crippen LogP contribution in [0.2, 0.25) is 0 Å². The molecule has 1 heterocycles. The normalized spacial score (nSPS) is 23.9. The van der Waals surface area contributed by atoms with E-state index in [-0.39, 0.29) is 17.9 Å². The SMILES string of the molecule is CCOC(=O)CCN1C[C@@H](C(=O)OCC)CC[C@H]1C. The fraction of sp³-hybridized carbons (Fsp3) is 0.857. The molecular weight excluding hydrogens is 246 g/mol. The first-order valence-electron chi connectivity index (χ1n) is 7.14. The van der Waals surface area contributed by atoms with Gasteiger partial charge >= 0.3 is 11.9 Å². The van der Waals surface area contributed by atoms with E-state index in [4.69, 9.17) is 9.47 Å². The van der Waals surface area contributed by atoms with Crippen molar-refractivity contribution in [2.75, 3.05) is 26.3 Å². The first kappa shape index (κ1) is 16.0. The Morgan fingerprint density at radius 1 is 1.16 bits per heavy atom. The van der Waals surface area contributed by atoms with Crippen LogP contribution in [0.25, 0.3) is 0 Å². The van der Waals surface area contributed by atoms with Gasteiger partial charge in [-0.3, -0.25) is 14.5 Å². The van der Waals surface area contributed by atoms with Crippen LogP contribution in [0.15, 0.2) is 0 Å². The smallest absolute Gasteiger partial charge is 0.310 e. The summed E-state index contributed by atoms with van der Waals surface area (Å²) in [6.45, 7) is 7.93. The molecule has 0 aliphatic carbocycles. The Morgan fingerprint density at radius 3 is 2.47 bits per heavy atom. The number of piperidine rings is 1. The van der Waals surface area contributed by atoms with Crippen molar-refractivity contribution >= 4 is 11.9 Å². The fourth-order valence-electron chi connectivity index (χ4n) is 2.41. The lowest BCUT2D eigenvalue weighted by atomic mass is 9.93. The van der Waals surface area contributed by atoms with Crippen LogP contribution in [0.1, 0.15) is 40.0 Å². The summed E-state index contributed by atoms with van der Waals surface area (Å²) in [4.78, 5) is 25.3. The topological polar surface area (TPSA) is 55.8 Å². The molecule has 0 unspecified atom stereocenters. The van der Waals surface area contributed by atoms with Crippen LogP contribution in [-0.2, 0) is 19.1 Å². The van der Waals surface area contributed by atoms with Crippen molar-refractivity contribution in [3.05, 3.63) is 0 Å². The lowest BCUT2D eigenvalue weighted by molar-refractivity contribution is -0.150. The Bertz CT molecular complexity index is 306. The lowest BCUT2D eigenvalue weighted by Crippen LogP contribution is -2.45. The standard InChI is InChI=1S/C14H25NO4/c1-4-18-13(16)8-9-15-10-12(7-6-11(15)3)14(17)19-5-2/h11-12H,4-10H2,1-3H3/t11-,12+/m1/s1. The second-order valence-corrected chi connectivity index (χ2v) is 4.93. The van der Waals surface area contributed by atoms with Crippen molar-refractivity contribution < 1.29 is 19.1 Å². The van der Waals surface area contributed by atoms with Gasteiger partial charge < -0.3 is 9.47 Å². The van der Waals surface area contributed by atoms with Gasteiger partial charge in [-0.15, -0.1) is 0 Å². The van der Waals surface area contributed by atoms with E-state index >= 15 is 0 Å². The van der Waals surface area contributed by atoms with Crippen LogP contribution in [0, 0.1) is 5.92 Å². The predicted octanol–water partition coefficient (Wildman–Crippen LogP) is 1.60. The van der Waals surface area contributed by atoms with E-state index in [9.17, 15) is 9.59 Å². The minimum Gasteiger partial charge on any atom is -0.466 e. The summed E-state index contributed by atoms with van der Waals surface area (Å²) in [5.41, 5.74) is 0. The highest BCUT2D eigenvalue weighted by Gasteiger charge is 2.30. The molecule has 0 N–H and O–H groups in total. The van der Waals surface area contributed by atoms with Crippen LogP contribution in [0.4, 0.5) is 0 Å². The quantitative estimate of drug-likeness (QED) is 0.687. The number of ether oxygens (including phenoxy) is 2. The predicted molar refractivity (Wildman–Crippen MR) is 71.6 cm³/mol. The summed E-state index contributed by atoms with van der Waals surface area (Å²) in [5.74, 6) is -0.346. The second kappa shape index (κ2) is 8.15. The maximum absolute atomic E-state index is 11.8. The highest BCUT2D eigenvalue weighted by atomic mass is 16.5. The monoisotopic (exact) mass is 271 g/mol.